The van der Waals surface area contributed by atoms with Gasteiger partial charge in [-0.3, -0.25) is 4.99 Å². The second kappa shape index (κ2) is 4.21. The molecule has 0 saturated heterocycles. The molecule has 1 aliphatic heterocycles. The first-order valence-electron chi connectivity index (χ1n) is 5.03. The molecule has 0 aromatic heterocycles. The summed E-state index contributed by atoms with van der Waals surface area (Å²) in [6, 6.07) is 5.61. The van der Waals surface area contributed by atoms with Crippen molar-refractivity contribution < 1.29 is 5.11 Å². The first-order valence-corrected chi connectivity index (χ1v) is 5.03. The highest BCUT2D eigenvalue weighted by molar-refractivity contribution is 5.60. The van der Waals surface area contributed by atoms with E-state index in [1.165, 1.54) is 0 Å². The molecule has 0 fully saturated rings. The molecule has 4 heteroatoms. The van der Waals surface area contributed by atoms with E-state index in [1.54, 1.807) is 6.07 Å². The van der Waals surface area contributed by atoms with E-state index >= 15 is 0 Å². The SMILES string of the molecule is Cc1ccc(NCN2C=NCC2)c(O)c1. The standard InChI is InChI=1S/C11H15N3O/c1-9-2-3-10(11(15)6-9)13-8-14-5-4-12-7-14/h2-3,6-7,13,15H,4-5,8H2,1H3. The smallest absolute Gasteiger partial charge is 0.138 e. The van der Waals surface area contributed by atoms with Gasteiger partial charge in [0.05, 0.1) is 25.2 Å². The van der Waals surface area contributed by atoms with Gasteiger partial charge in [-0.2, -0.15) is 0 Å². The van der Waals surface area contributed by atoms with Gasteiger partial charge in [-0.25, -0.2) is 0 Å². The highest BCUT2D eigenvalue weighted by Crippen LogP contribution is 2.23. The largest absolute Gasteiger partial charge is 0.506 e. The lowest BCUT2D eigenvalue weighted by atomic mass is 10.2. The van der Waals surface area contributed by atoms with E-state index in [4.69, 9.17) is 0 Å². The second-order valence-corrected chi connectivity index (χ2v) is 3.69. The fourth-order valence-corrected chi connectivity index (χ4v) is 1.51. The van der Waals surface area contributed by atoms with E-state index in [1.807, 2.05) is 25.4 Å². The maximum atomic E-state index is 9.65. The Kier molecular flexibility index (Phi) is 2.76. The highest BCUT2D eigenvalue weighted by Gasteiger charge is 2.05. The number of phenols is 1. The Balaban J connectivity index is 1.95. The van der Waals surface area contributed by atoms with Crippen molar-refractivity contribution in [2.45, 2.75) is 6.92 Å². The van der Waals surface area contributed by atoms with Gasteiger partial charge in [-0.15, -0.1) is 0 Å². The fourth-order valence-electron chi connectivity index (χ4n) is 1.51. The van der Waals surface area contributed by atoms with Crippen LogP contribution in [0.2, 0.25) is 0 Å². The molecule has 1 aromatic rings. The first-order chi connectivity index (χ1) is 7.25. The van der Waals surface area contributed by atoms with Gasteiger partial charge in [0.25, 0.3) is 0 Å². The quantitative estimate of drug-likeness (QED) is 0.733. The number of hydrogen-bond acceptors (Lipinski definition) is 4. The Hall–Kier alpha value is -1.71. The number of nitrogens with one attached hydrogen (secondary N) is 1. The van der Waals surface area contributed by atoms with Crippen molar-refractivity contribution in [3.05, 3.63) is 23.8 Å². The van der Waals surface area contributed by atoms with Crippen LogP contribution in [-0.2, 0) is 0 Å². The lowest BCUT2D eigenvalue weighted by Crippen LogP contribution is -2.26. The first kappa shape index (κ1) is 9.83. The van der Waals surface area contributed by atoms with Crippen LogP contribution in [0, 0.1) is 6.92 Å². The molecule has 1 aromatic carbocycles. The van der Waals surface area contributed by atoms with Crippen molar-refractivity contribution >= 4 is 12.0 Å². The van der Waals surface area contributed by atoms with Crippen molar-refractivity contribution in [1.29, 1.82) is 0 Å². The summed E-state index contributed by atoms with van der Waals surface area (Å²) in [6.07, 6.45) is 1.83. The van der Waals surface area contributed by atoms with Crippen LogP contribution in [0.5, 0.6) is 5.75 Å². The zero-order chi connectivity index (χ0) is 10.7. The van der Waals surface area contributed by atoms with Gasteiger partial charge in [0.15, 0.2) is 0 Å². The summed E-state index contributed by atoms with van der Waals surface area (Å²) in [4.78, 5) is 6.18. The van der Waals surface area contributed by atoms with Crippen molar-refractivity contribution in [1.82, 2.24) is 4.90 Å². The van der Waals surface area contributed by atoms with Crippen LogP contribution in [0.25, 0.3) is 0 Å². The van der Waals surface area contributed by atoms with Gasteiger partial charge in [0.2, 0.25) is 0 Å². The summed E-state index contributed by atoms with van der Waals surface area (Å²) >= 11 is 0. The molecule has 0 unspecified atom stereocenters. The minimum Gasteiger partial charge on any atom is -0.506 e. The summed E-state index contributed by atoms with van der Waals surface area (Å²) in [6.45, 7) is 4.44. The maximum Gasteiger partial charge on any atom is 0.138 e. The Morgan fingerprint density at radius 2 is 2.40 bits per heavy atom. The Morgan fingerprint density at radius 1 is 1.53 bits per heavy atom. The van der Waals surface area contributed by atoms with Crippen LogP contribution in [0.15, 0.2) is 23.2 Å². The number of aryl methyl sites for hydroxylation is 1. The predicted octanol–water partition coefficient (Wildman–Crippen LogP) is 1.41. The Morgan fingerprint density at radius 3 is 3.07 bits per heavy atom. The number of anilines is 1. The van der Waals surface area contributed by atoms with Crippen LogP contribution in [0.1, 0.15) is 5.56 Å². The molecule has 0 amide bonds. The van der Waals surface area contributed by atoms with Crippen molar-refractivity contribution in [2.75, 3.05) is 25.1 Å². The minimum absolute atomic E-state index is 0.297. The van der Waals surface area contributed by atoms with E-state index in [0.29, 0.717) is 12.4 Å². The molecule has 2 rings (SSSR count). The third kappa shape index (κ3) is 2.40. The monoisotopic (exact) mass is 205 g/mol. The van der Waals surface area contributed by atoms with Crippen LogP contribution in [0.3, 0.4) is 0 Å². The third-order valence-electron chi connectivity index (χ3n) is 2.39. The van der Waals surface area contributed by atoms with E-state index in [9.17, 15) is 5.11 Å². The molecule has 4 nitrogen and oxygen atoms in total. The summed E-state index contributed by atoms with van der Waals surface area (Å²) in [5, 5.41) is 12.8. The molecule has 80 valence electrons. The topological polar surface area (TPSA) is 47.9 Å². The van der Waals surface area contributed by atoms with Gasteiger partial charge in [-0.05, 0) is 24.6 Å². The van der Waals surface area contributed by atoms with E-state index in [-0.39, 0.29) is 0 Å². The van der Waals surface area contributed by atoms with Crippen LogP contribution in [0.4, 0.5) is 5.69 Å². The average molecular weight is 205 g/mol. The van der Waals surface area contributed by atoms with Crippen LogP contribution >= 0.6 is 0 Å². The van der Waals surface area contributed by atoms with Crippen LogP contribution in [-0.4, -0.2) is 36.1 Å². The summed E-state index contributed by atoms with van der Waals surface area (Å²) in [5.41, 5.74) is 1.82. The number of aliphatic imine (C=N–C) groups is 1. The Bertz CT molecular complexity index is 376. The normalized spacial score (nSPS) is 14.6. The van der Waals surface area contributed by atoms with Gasteiger partial charge < -0.3 is 15.3 Å². The number of benzene rings is 1. The number of hydrogen-bond donors (Lipinski definition) is 2. The molecule has 2 N–H and O–H groups in total. The minimum atomic E-state index is 0.297. The summed E-state index contributed by atoms with van der Waals surface area (Å²) < 4.78 is 0. The van der Waals surface area contributed by atoms with E-state index in [0.717, 1.165) is 24.3 Å². The molecular weight excluding hydrogens is 190 g/mol. The molecule has 0 radical (unpaired) electrons. The van der Waals surface area contributed by atoms with E-state index in [2.05, 4.69) is 15.2 Å². The predicted molar refractivity (Wildman–Crippen MR) is 61.4 cm³/mol. The van der Waals surface area contributed by atoms with Gasteiger partial charge in [0.1, 0.15) is 5.75 Å². The molecule has 0 aliphatic carbocycles. The third-order valence-corrected chi connectivity index (χ3v) is 2.39. The maximum absolute atomic E-state index is 9.65. The molecule has 1 heterocycles. The molecule has 0 bridgehead atoms. The molecule has 15 heavy (non-hydrogen) atoms. The molecule has 0 atom stereocenters. The Labute approximate surface area is 89.2 Å². The highest BCUT2D eigenvalue weighted by atomic mass is 16.3. The van der Waals surface area contributed by atoms with Crippen molar-refractivity contribution in [2.24, 2.45) is 4.99 Å². The lowest BCUT2D eigenvalue weighted by Gasteiger charge is -2.16. The van der Waals surface area contributed by atoms with Crippen molar-refractivity contribution in [3.8, 4) is 5.75 Å². The zero-order valence-electron chi connectivity index (χ0n) is 8.77. The average Bonchev–Trinajstić information content (AvgIpc) is 2.69. The number of phenolic OH excluding ortho intramolecular Hbond substituents is 1. The van der Waals surface area contributed by atoms with Gasteiger partial charge in [0, 0.05) is 6.54 Å². The van der Waals surface area contributed by atoms with Gasteiger partial charge in [-0.1, -0.05) is 6.07 Å². The number of aromatic hydroxyl groups is 1. The molecular formula is C11H15N3O. The fraction of sp³-hybridized carbons (Fsp3) is 0.364. The molecule has 0 spiro atoms. The summed E-state index contributed by atoms with van der Waals surface area (Å²) in [5.74, 6) is 0.297. The van der Waals surface area contributed by atoms with Crippen molar-refractivity contribution in [3.63, 3.8) is 0 Å². The molecule has 0 saturated carbocycles. The molecule has 1 aliphatic rings. The number of nitrogens with zero attached hydrogens (tertiary/aromatic N) is 2. The lowest BCUT2D eigenvalue weighted by molar-refractivity contribution is 0.470. The van der Waals surface area contributed by atoms with Crippen LogP contribution < -0.4 is 5.32 Å². The van der Waals surface area contributed by atoms with Gasteiger partial charge >= 0.3 is 0 Å². The second-order valence-electron chi connectivity index (χ2n) is 3.69. The summed E-state index contributed by atoms with van der Waals surface area (Å²) in [7, 11) is 0. The number of rotatable bonds is 3. The van der Waals surface area contributed by atoms with E-state index < -0.39 is 0 Å². The zero-order valence-corrected chi connectivity index (χ0v) is 8.77.